The van der Waals surface area contributed by atoms with Gasteiger partial charge in [-0.15, -0.1) is 0 Å². The van der Waals surface area contributed by atoms with E-state index in [0.717, 1.165) is 31.5 Å². The Bertz CT molecular complexity index is 573. The molecule has 3 rings (SSSR count). The van der Waals surface area contributed by atoms with Crippen molar-refractivity contribution in [2.24, 2.45) is 0 Å². The van der Waals surface area contributed by atoms with Crippen molar-refractivity contribution < 1.29 is 9.53 Å². The zero-order valence-corrected chi connectivity index (χ0v) is 15.9. The van der Waals surface area contributed by atoms with Crippen molar-refractivity contribution in [3.8, 4) is 0 Å². The van der Waals surface area contributed by atoms with Gasteiger partial charge in [0.15, 0.2) is 0 Å². The number of likely N-dealkylation sites (tertiary alicyclic amines) is 1. The molecule has 1 unspecified atom stereocenters. The van der Waals surface area contributed by atoms with Crippen molar-refractivity contribution in [1.82, 2.24) is 14.7 Å². The van der Waals surface area contributed by atoms with Crippen LogP contribution >= 0.6 is 11.6 Å². The summed E-state index contributed by atoms with van der Waals surface area (Å²) in [7, 11) is 4.23. The normalized spacial score (nSPS) is 23.2. The molecule has 6 heteroatoms. The Balaban J connectivity index is 1.53. The third-order valence-corrected chi connectivity index (χ3v) is 5.61. The molecule has 0 radical (unpaired) electrons. The van der Waals surface area contributed by atoms with Gasteiger partial charge in [-0.05, 0) is 57.7 Å². The van der Waals surface area contributed by atoms with Gasteiger partial charge < -0.3 is 14.5 Å². The molecule has 1 atom stereocenters. The van der Waals surface area contributed by atoms with E-state index in [0.29, 0.717) is 37.3 Å². The van der Waals surface area contributed by atoms with Crippen LogP contribution in [0, 0.1) is 0 Å². The lowest BCUT2D eigenvalue weighted by Crippen LogP contribution is -2.49. The number of ether oxygens (including phenoxy) is 1. The van der Waals surface area contributed by atoms with Gasteiger partial charge in [-0.3, -0.25) is 9.69 Å². The highest BCUT2D eigenvalue weighted by Crippen LogP contribution is 2.24. The molecule has 2 saturated heterocycles. The van der Waals surface area contributed by atoms with Crippen molar-refractivity contribution in [2.45, 2.75) is 25.0 Å². The van der Waals surface area contributed by atoms with Crippen LogP contribution < -0.4 is 0 Å². The number of rotatable bonds is 4. The van der Waals surface area contributed by atoms with Crippen LogP contribution in [0.1, 0.15) is 24.5 Å². The number of nitrogens with zero attached hydrogens (tertiary/aromatic N) is 3. The van der Waals surface area contributed by atoms with Crippen LogP contribution in [0.2, 0.25) is 5.02 Å². The van der Waals surface area contributed by atoms with E-state index in [2.05, 4.69) is 23.9 Å². The summed E-state index contributed by atoms with van der Waals surface area (Å²) in [6, 6.07) is 8.20. The highest BCUT2D eigenvalue weighted by Gasteiger charge is 2.28. The van der Waals surface area contributed by atoms with Crippen LogP contribution in [-0.4, -0.2) is 80.1 Å². The smallest absolute Gasteiger partial charge is 0.236 e. The maximum Gasteiger partial charge on any atom is 0.236 e. The Kier molecular flexibility index (Phi) is 6.34. The van der Waals surface area contributed by atoms with E-state index >= 15 is 0 Å². The molecule has 138 valence electrons. The summed E-state index contributed by atoms with van der Waals surface area (Å²) in [5, 5.41) is 0.715. The maximum absolute atomic E-state index is 12.7. The predicted molar refractivity (Wildman–Crippen MR) is 99.9 cm³/mol. The third kappa shape index (κ3) is 4.94. The van der Waals surface area contributed by atoms with E-state index in [4.69, 9.17) is 16.3 Å². The molecular formula is C19H28ClN3O2. The van der Waals surface area contributed by atoms with Crippen LogP contribution in [0.3, 0.4) is 0 Å². The van der Waals surface area contributed by atoms with E-state index in [1.54, 1.807) is 0 Å². The lowest BCUT2D eigenvalue weighted by molar-refractivity contribution is -0.140. The van der Waals surface area contributed by atoms with Crippen molar-refractivity contribution in [1.29, 1.82) is 0 Å². The number of hydrogen-bond donors (Lipinski definition) is 0. The SMILES string of the molecule is CN1CCC(N(C)CC(=O)N2CCOC(c3ccc(Cl)cc3)C2)CC1. The summed E-state index contributed by atoms with van der Waals surface area (Å²) in [6.07, 6.45) is 2.21. The van der Waals surface area contributed by atoms with E-state index < -0.39 is 0 Å². The molecule has 0 N–H and O–H groups in total. The van der Waals surface area contributed by atoms with Crippen molar-refractivity contribution >= 4 is 17.5 Å². The van der Waals surface area contributed by atoms with E-state index in [1.165, 1.54) is 0 Å². The first kappa shape index (κ1) is 18.6. The molecular weight excluding hydrogens is 338 g/mol. The molecule has 0 spiro atoms. The largest absolute Gasteiger partial charge is 0.370 e. The quantitative estimate of drug-likeness (QED) is 0.820. The summed E-state index contributed by atoms with van der Waals surface area (Å²) in [5.74, 6) is 0.198. The van der Waals surface area contributed by atoms with E-state index in [-0.39, 0.29) is 12.0 Å². The van der Waals surface area contributed by atoms with Crippen LogP contribution in [0.25, 0.3) is 0 Å². The molecule has 1 aromatic carbocycles. The number of hydrogen-bond acceptors (Lipinski definition) is 4. The number of piperidine rings is 1. The number of benzene rings is 1. The molecule has 0 aliphatic carbocycles. The van der Waals surface area contributed by atoms with Gasteiger partial charge in [0, 0.05) is 17.6 Å². The minimum atomic E-state index is -0.0661. The minimum Gasteiger partial charge on any atom is -0.370 e. The second-order valence-electron chi connectivity index (χ2n) is 7.20. The van der Waals surface area contributed by atoms with Crippen LogP contribution in [0.5, 0.6) is 0 Å². The monoisotopic (exact) mass is 365 g/mol. The summed E-state index contributed by atoms with van der Waals surface area (Å²) < 4.78 is 5.86. The number of morpholine rings is 1. The van der Waals surface area contributed by atoms with Gasteiger partial charge in [0.1, 0.15) is 6.10 Å². The van der Waals surface area contributed by atoms with Gasteiger partial charge in [-0.1, -0.05) is 23.7 Å². The summed E-state index contributed by atoms with van der Waals surface area (Å²) in [4.78, 5) is 19.3. The van der Waals surface area contributed by atoms with Crippen molar-refractivity contribution in [3.63, 3.8) is 0 Å². The Labute approximate surface area is 155 Å². The van der Waals surface area contributed by atoms with E-state index in [9.17, 15) is 4.79 Å². The Morgan fingerprint density at radius 2 is 1.92 bits per heavy atom. The van der Waals surface area contributed by atoms with Gasteiger partial charge >= 0.3 is 0 Å². The number of amides is 1. The number of carbonyl (C=O) groups excluding carboxylic acids is 1. The molecule has 1 aromatic rings. The fourth-order valence-electron chi connectivity index (χ4n) is 3.63. The molecule has 1 amide bonds. The molecule has 0 aromatic heterocycles. The first-order valence-corrected chi connectivity index (χ1v) is 9.44. The van der Waals surface area contributed by atoms with E-state index in [1.807, 2.05) is 29.2 Å². The van der Waals surface area contributed by atoms with Crippen molar-refractivity contribution in [3.05, 3.63) is 34.9 Å². The fraction of sp³-hybridized carbons (Fsp3) is 0.632. The zero-order valence-electron chi connectivity index (χ0n) is 15.2. The highest BCUT2D eigenvalue weighted by molar-refractivity contribution is 6.30. The van der Waals surface area contributed by atoms with Gasteiger partial charge in [0.05, 0.1) is 19.7 Å². The first-order chi connectivity index (χ1) is 12.0. The highest BCUT2D eigenvalue weighted by atomic mass is 35.5. The lowest BCUT2D eigenvalue weighted by Gasteiger charge is -2.37. The summed E-state index contributed by atoms with van der Waals surface area (Å²) >= 11 is 5.96. The number of carbonyl (C=O) groups is 1. The number of likely N-dealkylation sites (N-methyl/N-ethyl adjacent to an activating group) is 1. The molecule has 5 nitrogen and oxygen atoms in total. The van der Waals surface area contributed by atoms with Gasteiger partial charge in [0.25, 0.3) is 0 Å². The molecule has 2 aliphatic heterocycles. The molecule has 0 saturated carbocycles. The Morgan fingerprint density at radius 1 is 1.24 bits per heavy atom. The second kappa shape index (κ2) is 8.49. The van der Waals surface area contributed by atoms with Gasteiger partial charge in [-0.25, -0.2) is 0 Å². The summed E-state index contributed by atoms with van der Waals surface area (Å²) in [6.45, 7) is 4.57. The van der Waals surface area contributed by atoms with Gasteiger partial charge in [-0.2, -0.15) is 0 Å². The van der Waals surface area contributed by atoms with Crippen molar-refractivity contribution in [2.75, 3.05) is 53.4 Å². The Morgan fingerprint density at radius 3 is 2.60 bits per heavy atom. The van der Waals surface area contributed by atoms with Gasteiger partial charge in [0.2, 0.25) is 5.91 Å². The summed E-state index contributed by atoms with van der Waals surface area (Å²) in [5.41, 5.74) is 1.07. The third-order valence-electron chi connectivity index (χ3n) is 5.36. The fourth-order valence-corrected chi connectivity index (χ4v) is 3.76. The molecule has 0 bridgehead atoms. The second-order valence-corrected chi connectivity index (χ2v) is 7.64. The lowest BCUT2D eigenvalue weighted by atomic mass is 10.0. The first-order valence-electron chi connectivity index (χ1n) is 9.06. The van der Waals surface area contributed by atoms with Crippen LogP contribution in [0.4, 0.5) is 0 Å². The molecule has 2 fully saturated rings. The minimum absolute atomic E-state index is 0.0661. The molecule has 25 heavy (non-hydrogen) atoms. The van der Waals surface area contributed by atoms with Crippen LogP contribution in [-0.2, 0) is 9.53 Å². The zero-order chi connectivity index (χ0) is 17.8. The number of halogens is 1. The maximum atomic E-state index is 12.7. The Hall–Kier alpha value is -1.14. The molecule has 2 heterocycles. The molecule has 2 aliphatic rings. The van der Waals surface area contributed by atoms with Crippen LogP contribution in [0.15, 0.2) is 24.3 Å². The average molecular weight is 366 g/mol. The topological polar surface area (TPSA) is 36.0 Å². The predicted octanol–water partition coefficient (Wildman–Crippen LogP) is 2.27. The average Bonchev–Trinajstić information content (AvgIpc) is 2.63. The standard InChI is InChI=1S/C19H28ClN3O2/c1-21-9-7-17(8-10-21)22(2)14-19(24)23-11-12-25-18(13-23)15-3-5-16(20)6-4-15/h3-6,17-18H,7-14H2,1-2H3.